The monoisotopic (exact) mass is 770 g/mol. The van der Waals surface area contributed by atoms with Crippen LogP contribution in [0, 0.1) is 20.8 Å². The van der Waals surface area contributed by atoms with Crippen LogP contribution in [0.3, 0.4) is 0 Å². The molecule has 244 valence electrons. The molecule has 2 radical (unpaired) electrons. The van der Waals surface area contributed by atoms with E-state index in [2.05, 4.69) is 174 Å². The van der Waals surface area contributed by atoms with E-state index in [-0.39, 0.29) is 0 Å². The minimum absolute atomic E-state index is 0.826. The zero-order valence-corrected chi connectivity index (χ0v) is 34.1. The Labute approximate surface area is 313 Å². The number of aryl methyl sites for hydroxylation is 4. The summed E-state index contributed by atoms with van der Waals surface area (Å²) >= 11 is -0.826. The van der Waals surface area contributed by atoms with Crippen molar-refractivity contribution in [1.82, 2.24) is 0 Å². The van der Waals surface area contributed by atoms with Crippen LogP contribution in [-0.4, -0.2) is 9.52 Å². The van der Waals surface area contributed by atoms with Gasteiger partial charge in [0.1, 0.15) is 0 Å². The summed E-state index contributed by atoms with van der Waals surface area (Å²) in [5.74, 6) is 0. The van der Waals surface area contributed by atoms with E-state index >= 15 is 0 Å². The van der Waals surface area contributed by atoms with Crippen LogP contribution in [0.25, 0.3) is 65.3 Å². The zero-order chi connectivity index (χ0) is 34.9. The molecule has 0 atom stereocenters. The van der Waals surface area contributed by atoms with Crippen LogP contribution in [0.15, 0.2) is 133 Å². The van der Waals surface area contributed by atoms with Crippen LogP contribution in [0.5, 0.6) is 0 Å². The molecule has 0 fully saturated rings. The summed E-state index contributed by atoms with van der Waals surface area (Å²) in [5, 5.41) is 10.8. The molecule has 0 bridgehead atoms. The van der Waals surface area contributed by atoms with Crippen molar-refractivity contribution in [2.24, 2.45) is 0 Å². The van der Waals surface area contributed by atoms with Crippen molar-refractivity contribution in [2.75, 3.05) is 0 Å². The van der Waals surface area contributed by atoms with Gasteiger partial charge in [-0.05, 0) is 39.1 Å². The van der Waals surface area contributed by atoms with Gasteiger partial charge in [0.15, 0.2) is 0 Å². The Morgan fingerprint density at radius 3 is 1.43 bits per heavy atom. The average molecular weight is 773 g/mol. The predicted molar refractivity (Wildman–Crippen MR) is 218 cm³/mol. The first-order valence-corrected chi connectivity index (χ1v) is 25.0. The van der Waals surface area contributed by atoms with Crippen molar-refractivity contribution in [3.8, 4) is 22.3 Å². The summed E-state index contributed by atoms with van der Waals surface area (Å²) < 4.78 is 0. The summed E-state index contributed by atoms with van der Waals surface area (Å²) in [5.41, 5.74) is 10.8. The van der Waals surface area contributed by atoms with Crippen LogP contribution in [0.2, 0.25) is 13.1 Å². The zero-order valence-electron chi connectivity index (χ0n) is 29.2. The Balaban J connectivity index is 0.000000165. The van der Waals surface area contributed by atoms with Gasteiger partial charge in [-0.3, -0.25) is 0 Å². The van der Waals surface area contributed by atoms with Gasteiger partial charge in [-0.15, -0.1) is 68.1 Å². The van der Waals surface area contributed by atoms with E-state index < -0.39 is 20.8 Å². The Morgan fingerprint density at radius 2 is 0.939 bits per heavy atom. The molecule has 0 aromatic heterocycles. The Kier molecular flexibility index (Phi) is 13.3. The Hall–Kier alpha value is -3.26. The molecule has 0 spiro atoms. The van der Waals surface area contributed by atoms with Gasteiger partial charge < -0.3 is 0 Å². The molecule has 49 heavy (non-hydrogen) atoms. The fourth-order valence-electron chi connectivity index (χ4n) is 6.69. The third kappa shape index (κ3) is 8.38. The van der Waals surface area contributed by atoms with E-state index in [9.17, 15) is 0 Å². The topological polar surface area (TPSA) is 0 Å². The van der Waals surface area contributed by atoms with Gasteiger partial charge in [0.05, 0.1) is 0 Å². The molecule has 0 saturated carbocycles. The molecule has 0 saturated heterocycles. The first-order valence-electron chi connectivity index (χ1n) is 16.7. The van der Waals surface area contributed by atoms with Crippen molar-refractivity contribution in [1.29, 1.82) is 0 Å². The van der Waals surface area contributed by atoms with Crippen molar-refractivity contribution in [3.05, 3.63) is 156 Å². The standard InChI is InChI=1S/C22H19.C21H17.C2H6Si.2ClH.Zr/c1-3-16-13-21-15(2)11-12-20(22(21)14-16)19-10-6-8-17-7-4-5-9-18(17)19;1-14-12-20-15(2)10-11-19(21(20)13-14)18-9-5-7-16-6-3-4-8-17(16)18;1-3-2;;;/h4-14H,3H2,1-2H3;3-13H,1-2H3;1-2H3;2*1H;/q2*-1;;;;+4/p-2. The van der Waals surface area contributed by atoms with E-state index in [1.807, 2.05) is 0 Å². The second-order valence-corrected chi connectivity index (χ2v) is 17.1. The number of hydrogen-bond acceptors (Lipinski definition) is 0. The van der Waals surface area contributed by atoms with Gasteiger partial charge in [-0.2, -0.15) is 12.1 Å². The fourth-order valence-corrected chi connectivity index (χ4v) is 6.69. The number of fused-ring (bicyclic) bond motifs is 4. The van der Waals surface area contributed by atoms with Gasteiger partial charge >= 0.3 is 37.9 Å². The van der Waals surface area contributed by atoms with Crippen LogP contribution in [0.4, 0.5) is 0 Å². The maximum atomic E-state index is 4.93. The molecule has 0 N–H and O–H groups in total. The summed E-state index contributed by atoms with van der Waals surface area (Å²) in [4.78, 5) is 0. The van der Waals surface area contributed by atoms with E-state index in [1.165, 1.54) is 87.6 Å². The predicted octanol–water partition coefficient (Wildman–Crippen LogP) is 14.4. The quantitative estimate of drug-likeness (QED) is 0.124. The van der Waals surface area contributed by atoms with Crippen LogP contribution in [0.1, 0.15) is 29.2 Å². The maximum absolute atomic E-state index is 4.93. The van der Waals surface area contributed by atoms with Crippen LogP contribution >= 0.6 is 17.0 Å². The molecular weight excluding hydrogens is 731 g/mol. The molecule has 0 heterocycles. The molecule has 0 aliphatic heterocycles. The molecule has 8 rings (SSSR count). The van der Waals surface area contributed by atoms with Gasteiger partial charge in [-0.1, -0.05) is 149 Å². The molecule has 8 aromatic rings. The van der Waals surface area contributed by atoms with Crippen molar-refractivity contribution in [3.63, 3.8) is 0 Å². The van der Waals surface area contributed by atoms with Gasteiger partial charge in [0, 0.05) is 9.52 Å². The van der Waals surface area contributed by atoms with E-state index in [0.717, 1.165) is 15.9 Å². The number of halogens is 2. The van der Waals surface area contributed by atoms with Gasteiger partial charge in [0.2, 0.25) is 0 Å². The van der Waals surface area contributed by atoms with Gasteiger partial charge in [-0.25, -0.2) is 0 Å². The van der Waals surface area contributed by atoms with Crippen LogP contribution < -0.4 is 0 Å². The summed E-state index contributed by atoms with van der Waals surface area (Å²) in [6.07, 6.45) is 1.09. The molecule has 4 heteroatoms. The normalized spacial score (nSPS) is 10.5. The first-order chi connectivity index (χ1) is 23.8. The van der Waals surface area contributed by atoms with Crippen molar-refractivity contribution < 1.29 is 20.8 Å². The van der Waals surface area contributed by atoms with E-state index in [1.54, 1.807) is 0 Å². The van der Waals surface area contributed by atoms with Crippen molar-refractivity contribution >= 4 is 69.6 Å². The average Bonchev–Trinajstić information content (AvgIpc) is 3.74. The molecule has 0 nitrogen and oxygen atoms in total. The third-order valence-corrected chi connectivity index (χ3v) is 8.98. The third-order valence-electron chi connectivity index (χ3n) is 8.98. The summed E-state index contributed by atoms with van der Waals surface area (Å²) in [7, 11) is 11.0. The number of rotatable bonds is 3. The summed E-state index contributed by atoms with van der Waals surface area (Å²) in [6.45, 7) is 13.1. The summed E-state index contributed by atoms with van der Waals surface area (Å²) in [6, 6.07) is 48.7. The number of hydrogen-bond donors (Lipinski definition) is 0. The minimum atomic E-state index is -0.826. The number of benzene rings is 6. The first kappa shape index (κ1) is 37.0. The van der Waals surface area contributed by atoms with Crippen LogP contribution in [-0.2, 0) is 27.3 Å². The molecule has 0 aliphatic carbocycles. The molecule has 0 aliphatic rings. The van der Waals surface area contributed by atoms with Gasteiger partial charge in [0.25, 0.3) is 0 Å². The van der Waals surface area contributed by atoms with E-state index in [4.69, 9.17) is 17.0 Å². The fraction of sp³-hybridized carbons (Fsp3) is 0.156. The molecular formula is C45H42Cl2SiZr. The molecule has 0 amide bonds. The van der Waals surface area contributed by atoms with Crippen molar-refractivity contribution in [2.45, 2.75) is 47.2 Å². The molecule has 8 aromatic carbocycles. The Bertz CT molecular complexity index is 2300. The SMILES string of the molecule is CCc1cc2c(-c3cccc4ccccc34)ccc(C)c2[cH-]1.C[Si]C.Cc1cc2c(-c3cccc4ccccc34)ccc(C)c2[cH-]1.[Cl][Zr+2][Cl]. The molecule has 0 unspecified atom stereocenters. The second kappa shape index (κ2) is 17.6. The Morgan fingerprint density at radius 1 is 0.531 bits per heavy atom. The second-order valence-electron chi connectivity index (χ2n) is 12.4. The van der Waals surface area contributed by atoms with E-state index in [0.29, 0.717) is 0 Å².